The van der Waals surface area contributed by atoms with Gasteiger partial charge in [-0.05, 0) is 25.7 Å². The van der Waals surface area contributed by atoms with Crippen molar-refractivity contribution < 1.29 is 4.79 Å². The molecule has 1 aromatic carbocycles. The van der Waals surface area contributed by atoms with Crippen LogP contribution >= 0.6 is 15.9 Å². The first-order chi connectivity index (χ1) is 7.13. The van der Waals surface area contributed by atoms with Crippen LogP contribution in [0.15, 0.2) is 24.3 Å². The lowest BCUT2D eigenvalue weighted by molar-refractivity contribution is -0.113. The van der Waals surface area contributed by atoms with Crippen molar-refractivity contribution in [3.63, 3.8) is 0 Å². The summed E-state index contributed by atoms with van der Waals surface area (Å²) in [5, 5.41) is 3.18. The second-order valence-electron chi connectivity index (χ2n) is 3.58. The predicted molar refractivity (Wildman–Crippen MR) is 66.3 cm³/mol. The fourth-order valence-corrected chi connectivity index (χ4v) is 1.44. The summed E-state index contributed by atoms with van der Waals surface area (Å²) in [5.41, 5.74) is 2.01. The highest BCUT2D eigenvalue weighted by molar-refractivity contribution is 9.09. The topological polar surface area (TPSA) is 32.3 Å². The third-order valence-electron chi connectivity index (χ3n) is 1.90. The molecule has 0 saturated heterocycles. The number of hydrogen-bond donors (Lipinski definition) is 1. The van der Waals surface area contributed by atoms with E-state index in [2.05, 4.69) is 26.1 Å². The second kappa shape index (κ2) is 5.88. The maximum Gasteiger partial charge on any atom is 0.235 e. The molecular formula is C11H15BrN2O. The van der Waals surface area contributed by atoms with Gasteiger partial charge in [0.25, 0.3) is 0 Å². The Labute approximate surface area is 98.6 Å². The molecule has 1 aromatic rings. The number of amides is 1. The number of hydrogen-bond acceptors (Lipinski definition) is 2. The van der Waals surface area contributed by atoms with Gasteiger partial charge in [-0.2, -0.15) is 0 Å². The molecule has 0 fully saturated rings. The molecule has 0 atom stereocenters. The minimum atomic E-state index is -0.0267. The monoisotopic (exact) mass is 270 g/mol. The summed E-state index contributed by atoms with van der Waals surface area (Å²) in [7, 11) is 4.01. The standard InChI is InChI=1S/C11H15BrN2O/c1-14(2)8-9-5-3-4-6-10(9)13-11(15)7-12/h3-6H,7-8H2,1-2H3,(H,13,15). The highest BCUT2D eigenvalue weighted by atomic mass is 79.9. The maximum atomic E-state index is 11.2. The number of para-hydroxylation sites is 1. The number of benzene rings is 1. The van der Waals surface area contributed by atoms with Gasteiger partial charge in [-0.1, -0.05) is 34.1 Å². The fraction of sp³-hybridized carbons (Fsp3) is 0.364. The van der Waals surface area contributed by atoms with Gasteiger partial charge in [-0.3, -0.25) is 4.79 Å². The fourth-order valence-electron chi connectivity index (χ4n) is 1.30. The molecule has 0 aliphatic carbocycles. The molecule has 15 heavy (non-hydrogen) atoms. The first kappa shape index (κ1) is 12.2. The summed E-state index contributed by atoms with van der Waals surface area (Å²) in [4.78, 5) is 13.3. The molecule has 0 spiro atoms. The first-order valence-electron chi connectivity index (χ1n) is 4.72. The van der Waals surface area contributed by atoms with Crippen molar-refractivity contribution >= 4 is 27.5 Å². The van der Waals surface area contributed by atoms with Crippen molar-refractivity contribution in [2.75, 3.05) is 24.7 Å². The zero-order valence-electron chi connectivity index (χ0n) is 8.96. The Morgan fingerprint density at radius 2 is 2.07 bits per heavy atom. The lowest BCUT2D eigenvalue weighted by Crippen LogP contribution is -2.17. The Hall–Kier alpha value is -0.870. The third-order valence-corrected chi connectivity index (χ3v) is 2.41. The van der Waals surface area contributed by atoms with Gasteiger partial charge in [0.05, 0.1) is 5.33 Å². The number of carbonyl (C=O) groups excluding carboxylic acids is 1. The Balaban J connectivity index is 2.81. The van der Waals surface area contributed by atoms with Crippen molar-refractivity contribution in [3.05, 3.63) is 29.8 Å². The van der Waals surface area contributed by atoms with Gasteiger partial charge in [0.2, 0.25) is 5.91 Å². The molecule has 1 N–H and O–H groups in total. The lowest BCUT2D eigenvalue weighted by atomic mass is 10.1. The van der Waals surface area contributed by atoms with Crippen LogP contribution in [0.25, 0.3) is 0 Å². The lowest BCUT2D eigenvalue weighted by Gasteiger charge is -2.14. The van der Waals surface area contributed by atoms with Crippen molar-refractivity contribution in [2.24, 2.45) is 0 Å². The van der Waals surface area contributed by atoms with Gasteiger partial charge < -0.3 is 10.2 Å². The number of carbonyl (C=O) groups is 1. The summed E-state index contributed by atoms with van der Waals surface area (Å²) >= 11 is 3.13. The van der Waals surface area contributed by atoms with E-state index < -0.39 is 0 Å². The van der Waals surface area contributed by atoms with E-state index in [1.807, 2.05) is 38.4 Å². The second-order valence-corrected chi connectivity index (χ2v) is 4.14. The summed E-state index contributed by atoms with van der Waals surface area (Å²) in [5.74, 6) is -0.0267. The van der Waals surface area contributed by atoms with Crippen LogP contribution in [0.3, 0.4) is 0 Å². The zero-order chi connectivity index (χ0) is 11.3. The van der Waals surface area contributed by atoms with Gasteiger partial charge in [0.15, 0.2) is 0 Å². The van der Waals surface area contributed by atoms with Crippen LogP contribution in [0.1, 0.15) is 5.56 Å². The average molecular weight is 271 g/mol. The highest BCUT2D eigenvalue weighted by Crippen LogP contribution is 2.16. The van der Waals surface area contributed by atoms with Crippen molar-refractivity contribution in [1.29, 1.82) is 0 Å². The van der Waals surface area contributed by atoms with E-state index in [0.717, 1.165) is 17.8 Å². The van der Waals surface area contributed by atoms with Crippen LogP contribution < -0.4 is 5.32 Å². The van der Waals surface area contributed by atoms with Gasteiger partial charge in [0, 0.05) is 12.2 Å². The summed E-state index contributed by atoms with van der Waals surface area (Å²) in [6.07, 6.45) is 0. The molecule has 0 aliphatic heterocycles. The molecule has 4 heteroatoms. The number of nitrogens with zero attached hydrogens (tertiary/aromatic N) is 1. The van der Waals surface area contributed by atoms with Crippen molar-refractivity contribution in [1.82, 2.24) is 4.90 Å². The number of rotatable bonds is 4. The van der Waals surface area contributed by atoms with Crippen LogP contribution in [0.2, 0.25) is 0 Å². The van der Waals surface area contributed by atoms with E-state index in [4.69, 9.17) is 0 Å². The van der Waals surface area contributed by atoms with E-state index in [1.165, 1.54) is 0 Å². The van der Waals surface area contributed by atoms with E-state index in [0.29, 0.717) is 5.33 Å². The predicted octanol–water partition coefficient (Wildman–Crippen LogP) is 2.08. The largest absolute Gasteiger partial charge is 0.325 e. The number of anilines is 1. The van der Waals surface area contributed by atoms with Gasteiger partial charge in [-0.15, -0.1) is 0 Å². The highest BCUT2D eigenvalue weighted by Gasteiger charge is 2.05. The molecule has 0 radical (unpaired) electrons. The van der Waals surface area contributed by atoms with Crippen molar-refractivity contribution in [2.45, 2.75) is 6.54 Å². The summed E-state index contributed by atoms with van der Waals surface area (Å²) in [6.45, 7) is 0.818. The van der Waals surface area contributed by atoms with Gasteiger partial charge in [-0.25, -0.2) is 0 Å². The Morgan fingerprint density at radius 3 is 2.67 bits per heavy atom. The first-order valence-corrected chi connectivity index (χ1v) is 5.84. The van der Waals surface area contributed by atoms with Gasteiger partial charge in [0.1, 0.15) is 0 Å². The molecule has 3 nitrogen and oxygen atoms in total. The van der Waals surface area contributed by atoms with E-state index in [-0.39, 0.29) is 5.91 Å². The van der Waals surface area contributed by atoms with Crippen LogP contribution in [-0.4, -0.2) is 30.2 Å². The maximum absolute atomic E-state index is 11.2. The van der Waals surface area contributed by atoms with Crippen LogP contribution in [0.5, 0.6) is 0 Å². The Morgan fingerprint density at radius 1 is 1.40 bits per heavy atom. The molecule has 0 aromatic heterocycles. The van der Waals surface area contributed by atoms with Gasteiger partial charge >= 0.3 is 0 Å². The van der Waals surface area contributed by atoms with Crippen LogP contribution in [0.4, 0.5) is 5.69 Å². The summed E-state index contributed by atoms with van der Waals surface area (Å²) in [6, 6.07) is 7.83. The van der Waals surface area contributed by atoms with Crippen molar-refractivity contribution in [3.8, 4) is 0 Å². The average Bonchev–Trinajstić information content (AvgIpc) is 2.20. The third kappa shape index (κ3) is 4.01. The number of nitrogens with one attached hydrogen (secondary N) is 1. The molecule has 0 aliphatic rings. The number of alkyl halides is 1. The molecule has 1 rings (SSSR count). The smallest absolute Gasteiger partial charge is 0.235 e. The SMILES string of the molecule is CN(C)Cc1ccccc1NC(=O)CBr. The van der Waals surface area contributed by atoms with E-state index in [9.17, 15) is 4.79 Å². The van der Waals surface area contributed by atoms with E-state index >= 15 is 0 Å². The summed E-state index contributed by atoms with van der Waals surface area (Å²) < 4.78 is 0. The Bertz CT molecular complexity index is 339. The number of halogens is 1. The molecule has 1 amide bonds. The molecule has 0 bridgehead atoms. The zero-order valence-corrected chi connectivity index (χ0v) is 10.5. The molecular weight excluding hydrogens is 256 g/mol. The quantitative estimate of drug-likeness (QED) is 0.850. The van der Waals surface area contributed by atoms with Crippen LogP contribution in [0, 0.1) is 0 Å². The van der Waals surface area contributed by atoms with E-state index in [1.54, 1.807) is 0 Å². The normalized spacial score (nSPS) is 10.4. The molecule has 0 saturated carbocycles. The van der Waals surface area contributed by atoms with Crippen LogP contribution in [-0.2, 0) is 11.3 Å². The minimum absolute atomic E-state index is 0.0267. The Kier molecular flexibility index (Phi) is 4.78. The molecule has 0 heterocycles. The minimum Gasteiger partial charge on any atom is -0.325 e. The molecule has 0 unspecified atom stereocenters. The molecule has 82 valence electrons.